The number of carbonyl (C=O) groups is 1. The number of fused-ring (bicyclic) bond motifs is 2. The second-order valence-electron chi connectivity index (χ2n) is 8.39. The maximum atomic E-state index is 12.8. The van der Waals surface area contributed by atoms with Crippen LogP contribution in [-0.2, 0) is 17.6 Å². The monoisotopic (exact) mass is 403 g/mol. The molecule has 1 unspecified atom stereocenters. The van der Waals surface area contributed by atoms with E-state index in [-0.39, 0.29) is 17.4 Å². The number of rotatable bonds is 5. The minimum absolute atomic E-state index is 0.0119. The summed E-state index contributed by atoms with van der Waals surface area (Å²) in [5.74, 6) is 0.700. The van der Waals surface area contributed by atoms with Gasteiger partial charge in [0.05, 0.1) is 11.6 Å². The van der Waals surface area contributed by atoms with Gasteiger partial charge < -0.3 is 10.2 Å². The van der Waals surface area contributed by atoms with E-state index >= 15 is 0 Å². The van der Waals surface area contributed by atoms with Gasteiger partial charge in [-0.05, 0) is 50.9 Å². The third-order valence-electron chi connectivity index (χ3n) is 5.75. The fraction of sp³-hybridized carbons (Fsp3) is 0.700. The molecule has 0 spiro atoms. The highest BCUT2D eigenvalue weighted by Gasteiger charge is 2.28. The molecule has 1 amide bonds. The molecule has 2 aromatic rings. The van der Waals surface area contributed by atoms with Gasteiger partial charge >= 0.3 is 0 Å². The Hall–Kier alpha value is -1.96. The van der Waals surface area contributed by atoms with Crippen LogP contribution in [0.5, 0.6) is 0 Å². The summed E-state index contributed by atoms with van der Waals surface area (Å²) in [7, 11) is 0. The summed E-state index contributed by atoms with van der Waals surface area (Å²) in [6.45, 7) is 6.58. The number of aromatic nitrogens is 3. The van der Waals surface area contributed by atoms with Crippen LogP contribution in [0.25, 0.3) is 4.96 Å². The lowest BCUT2D eigenvalue weighted by molar-refractivity contribution is -0.125. The first-order valence-electron chi connectivity index (χ1n) is 10.5. The Kier molecular flexibility index (Phi) is 5.66. The summed E-state index contributed by atoms with van der Waals surface area (Å²) in [4.78, 5) is 32.9. The number of anilines is 1. The van der Waals surface area contributed by atoms with E-state index in [1.54, 1.807) is 0 Å². The molecule has 4 rings (SSSR count). The van der Waals surface area contributed by atoms with Gasteiger partial charge in [-0.25, -0.2) is 4.98 Å². The second kappa shape index (κ2) is 8.19. The SMILES string of the molecule is CC(C)CCNC(=O)C1CCCN(c2nn3c(=O)c4c(nc3s2)CCCC4)C1. The zero-order chi connectivity index (χ0) is 19.7. The number of piperidine rings is 1. The van der Waals surface area contributed by atoms with Gasteiger partial charge in [-0.15, -0.1) is 5.10 Å². The highest BCUT2D eigenvalue weighted by molar-refractivity contribution is 7.20. The quantitative estimate of drug-likeness (QED) is 0.829. The second-order valence-corrected chi connectivity index (χ2v) is 9.32. The highest BCUT2D eigenvalue weighted by atomic mass is 32.1. The van der Waals surface area contributed by atoms with E-state index in [0.717, 1.165) is 74.4 Å². The predicted molar refractivity (Wildman–Crippen MR) is 111 cm³/mol. The van der Waals surface area contributed by atoms with E-state index in [1.807, 2.05) is 0 Å². The average Bonchev–Trinajstić information content (AvgIpc) is 3.12. The highest BCUT2D eigenvalue weighted by Crippen LogP contribution is 2.28. The molecule has 1 atom stereocenters. The average molecular weight is 404 g/mol. The van der Waals surface area contributed by atoms with Crippen LogP contribution in [0.3, 0.4) is 0 Å². The molecule has 28 heavy (non-hydrogen) atoms. The normalized spacial score (nSPS) is 19.8. The molecule has 1 fully saturated rings. The van der Waals surface area contributed by atoms with E-state index in [9.17, 15) is 9.59 Å². The van der Waals surface area contributed by atoms with Gasteiger partial charge in [-0.2, -0.15) is 4.52 Å². The van der Waals surface area contributed by atoms with Gasteiger partial charge in [0.15, 0.2) is 0 Å². The standard InChI is InChI=1S/C20H29N5O2S/c1-13(2)9-10-21-17(26)14-6-5-11-24(12-14)20-23-25-18(27)15-7-3-4-8-16(15)22-19(25)28-20/h13-14H,3-12H2,1-2H3,(H,21,26). The Morgan fingerprint density at radius 2 is 2.11 bits per heavy atom. The molecule has 0 radical (unpaired) electrons. The first-order valence-corrected chi connectivity index (χ1v) is 11.3. The van der Waals surface area contributed by atoms with Crippen molar-refractivity contribution >= 4 is 27.3 Å². The molecular weight excluding hydrogens is 374 g/mol. The summed E-state index contributed by atoms with van der Waals surface area (Å²) in [5.41, 5.74) is 1.77. The van der Waals surface area contributed by atoms with Crippen LogP contribution in [0.2, 0.25) is 0 Å². The first-order chi connectivity index (χ1) is 13.5. The molecule has 8 heteroatoms. The Morgan fingerprint density at radius 3 is 2.93 bits per heavy atom. The van der Waals surface area contributed by atoms with Crippen LogP contribution >= 0.6 is 11.3 Å². The van der Waals surface area contributed by atoms with Gasteiger partial charge in [0.25, 0.3) is 5.56 Å². The van der Waals surface area contributed by atoms with Crippen molar-refractivity contribution in [2.24, 2.45) is 11.8 Å². The Morgan fingerprint density at radius 1 is 1.29 bits per heavy atom. The minimum atomic E-state index is -0.0224. The van der Waals surface area contributed by atoms with Crippen molar-refractivity contribution in [2.75, 3.05) is 24.5 Å². The third kappa shape index (κ3) is 3.92. The Labute approximate surface area is 169 Å². The van der Waals surface area contributed by atoms with Crippen molar-refractivity contribution in [1.82, 2.24) is 19.9 Å². The fourth-order valence-electron chi connectivity index (χ4n) is 4.08. The van der Waals surface area contributed by atoms with Gasteiger partial charge in [-0.1, -0.05) is 25.2 Å². The van der Waals surface area contributed by atoms with E-state index < -0.39 is 0 Å². The number of hydrogen-bond donors (Lipinski definition) is 1. The maximum Gasteiger partial charge on any atom is 0.278 e. The molecule has 7 nitrogen and oxygen atoms in total. The third-order valence-corrected chi connectivity index (χ3v) is 6.72. The molecule has 0 saturated carbocycles. The van der Waals surface area contributed by atoms with Crippen molar-refractivity contribution in [3.63, 3.8) is 0 Å². The fourth-order valence-corrected chi connectivity index (χ4v) is 5.03. The van der Waals surface area contributed by atoms with Gasteiger partial charge in [-0.3, -0.25) is 9.59 Å². The van der Waals surface area contributed by atoms with Crippen LogP contribution in [0.1, 0.15) is 57.2 Å². The number of hydrogen-bond acceptors (Lipinski definition) is 6. The van der Waals surface area contributed by atoms with Gasteiger partial charge in [0, 0.05) is 25.2 Å². The number of nitrogens with zero attached hydrogens (tertiary/aromatic N) is 4. The zero-order valence-electron chi connectivity index (χ0n) is 16.7. The maximum absolute atomic E-state index is 12.8. The van der Waals surface area contributed by atoms with Crippen LogP contribution in [0.4, 0.5) is 5.13 Å². The summed E-state index contributed by atoms with van der Waals surface area (Å²) in [6, 6.07) is 0. The molecule has 0 aromatic carbocycles. The number of aryl methyl sites for hydroxylation is 1. The van der Waals surface area contributed by atoms with Crippen LogP contribution in [0, 0.1) is 11.8 Å². The van der Waals surface area contributed by atoms with Crippen molar-refractivity contribution < 1.29 is 4.79 Å². The lowest BCUT2D eigenvalue weighted by Crippen LogP contribution is -2.43. The molecule has 1 saturated heterocycles. The summed E-state index contributed by atoms with van der Waals surface area (Å²) in [6.07, 6.45) is 6.70. The summed E-state index contributed by atoms with van der Waals surface area (Å²) < 4.78 is 1.47. The van der Waals surface area contributed by atoms with Crippen LogP contribution < -0.4 is 15.8 Å². The molecule has 2 aromatic heterocycles. The number of carbonyl (C=O) groups excluding carboxylic acids is 1. The predicted octanol–water partition coefficient (Wildman–Crippen LogP) is 2.41. The lowest BCUT2D eigenvalue weighted by atomic mass is 9.97. The minimum Gasteiger partial charge on any atom is -0.356 e. The zero-order valence-corrected chi connectivity index (χ0v) is 17.6. The molecule has 1 aliphatic carbocycles. The molecule has 1 N–H and O–H groups in total. The van der Waals surface area contributed by atoms with Gasteiger partial charge in [0.2, 0.25) is 16.0 Å². The van der Waals surface area contributed by atoms with E-state index in [4.69, 9.17) is 4.98 Å². The molecular formula is C20H29N5O2S. The lowest BCUT2D eigenvalue weighted by Gasteiger charge is -2.31. The number of nitrogens with one attached hydrogen (secondary N) is 1. The molecule has 152 valence electrons. The molecule has 0 bridgehead atoms. The molecule has 2 aliphatic rings. The smallest absolute Gasteiger partial charge is 0.278 e. The summed E-state index contributed by atoms with van der Waals surface area (Å²) >= 11 is 1.46. The molecule has 1 aliphatic heterocycles. The molecule has 3 heterocycles. The van der Waals surface area contributed by atoms with Crippen LogP contribution in [0.15, 0.2) is 4.79 Å². The van der Waals surface area contributed by atoms with E-state index in [1.165, 1.54) is 15.9 Å². The van der Waals surface area contributed by atoms with Crippen molar-refractivity contribution in [1.29, 1.82) is 0 Å². The van der Waals surface area contributed by atoms with E-state index in [2.05, 4.69) is 29.2 Å². The Balaban J connectivity index is 1.50. The topological polar surface area (TPSA) is 79.6 Å². The van der Waals surface area contributed by atoms with Gasteiger partial charge in [0.1, 0.15) is 0 Å². The van der Waals surface area contributed by atoms with Crippen molar-refractivity contribution in [3.05, 3.63) is 21.6 Å². The van der Waals surface area contributed by atoms with Crippen molar-refractivity contribution in [2.45, 2.75) is 58.8 Å². The van der Waals surface area contributed by atoms with Crippen molar-refractivity contribution in [3.8, 4) is 0 Å². The first kappa shape index (κ1) is 19.4. The van der Waals surface area contributed by atoms with Crippen LogP contribution in [-0.4, -0.2) is 40.1 Å². The largest absolute Gasteiger partial charge is 0.356 e. The van der Waals surface area contributed by atoms with E-state index in [0.29, 0.717) is 17.4 Å². The summed E-state index contributed by atoms with van der Waals surface area (Å²) in [5, 5.41) is 8.45. The Bertz CT molecular complexity index is 919. The number of amides is 1.